The number of ketones is 1. The number of aryl methyl sites for hydroxylation is 3. The van der Waals surface area contributed by atoms with Gasteiger partial charge in [0, 0.05) is 0 Å². The third-order valence-electron chi connectivity index (χ3n) is 2.31. The lowest BCUT2D eigenvalue weighted by Gasteiger charge is -2.11. The lowest BCUT2D eigenvalue weighted by Crippen LogP contribution is -2.15. The van der Waals surface area contributed by atoms with Crippen LogP contribution >= 0.6 is 0 Å². The van der Waals surface area contributed by atoms with Crippen molar-refractivity contribution < 1.29 is 13.2 Å². The van der Waals surface area contributed by atoms with Crippen molar-refractivity contribution in [3.63, 3.8) is 0 Å². The third kappa shape index (κ3) is 2.70. The molecule has 0 aliphatic rings. The van der Waals surface area contributed by atoms with Crippen molar-refractivity contribution >= 4 is 15.6 Å². The first-order chi connectivity index (χ1) is 7.24. The van der Waals surface area contributed by atoms with Gasteiger partial charge in [-0.3, -0.25) is 4.79 Å². The highest BCUT2D eigenvalue weighted by Gasteiger charge is 2.21. The number of hydrogen-bond acceptors (Lipinski definition) is 3. The van der Waals surface area contributed by atoms with E-state index in [1.807, 2.05) is 19.1 Å². The molecule has 0 bridgehead atoms. The minimum atomic E-state index is -3.49. The molecule has 0 heterocycles. The van der Waals surface area contributed by atoms with E-state index < -0.39 is 15.6 Å². The first-order valence-electron chi connectivity index (χ1n) is 5.04. The second kappa shape index (κ2) is 4.37. The van der Waals surface area contributed by atoms with Crippen LogP contribution in [0.3, 0.4) is 0 Å². The molecule has 0 unspecified atom stereocenters. The maximum Gasteiger partial charge on any atom is 0.185 e. The number of Topliss-reactive ketones (excluding diaryl/α,β-unsaturated/α-hetero) is 1. The van der Waals surface area contributed by atoms with Crippen molar-refractivity contribution in [2.45, 2.75) is 32.6 Å². The summed E-state index contributed by atoms with van der Waals surface area (Å²) in [6, 6.07) is 3.64. The fraction of sp³-hybridized carbons (Fsp3) is 0.417. The number of hydrogen-bond donors (Lipinski definition) is 0. The first-order valence-corrected chi connectivity index (χ1v) is 6.69. The van der Waals surface area contributed by atoms with E-state index in [1.54, 1.807) is 13.8 Å². The van der Waals surface area contributed by atoms with Gasteiger partial charge in [-0.1, -0.05) is 17.7 Å². The van der Waals surface area contributed by atoms with Gasteiger partial charge in [-0.2, -0.15) is 0 Å². The van der Waals surface area contributed by atoms with Crippen LogP contribution in [0.5, 0.6) is 0 Å². The fourth-order valence-corrected chi connectivity index (χ4v) is 3.78. The second-order valence-electron chi connectivity index (χ2n) is 4.19. The highest BCUT2D eigenvalue weighted by atomic mass is 32.2. The van der Waals surface area contributed by atoms with Crippen LogP contribution < -0.4 is 0 Å². The Labute approximate surface area is 96.4 Å². The molecule has 16 heavy (non-hydrogen) atoms. The molecule has 0 fully saturated rings. The van der Waals surface area contributed by atoms with Crippen molar-refractivity contribution in [3.05, 3.63) is 28.8 Å². The highest BCUT2D eigenvalue weighted by Crippen LogP contribution is 2.22. The Morgan fingerprint density at radius 1 is 1.12 bits per heavy atom. The van der Waals surface area contributed by atoms with E-state index in [0.717, 1.165) is 5.56 Å². The molecule has 4 heteroatoms. The standard InChI is InChI=1S/C12H16O3S/c1-8-5-9(2)12(10(3)6-8)16(14,15)7-11(4)13/h5-6H,7H2,1-4H3. The Kier molecular flexibility index (Phi) is 3.53. The summed E-state index contributed by atoms with van der Waals surface area (Å²) in [6.07, 6.45) is 0. The molecule has 0 radical (unpaired) electrons. The number of carbonyl (C=O) groups excluding carboxylic acids is 1. The largest absolute Gasteiger partial charge is 0.299 e. The average molecular weight is 240 g/mol. The Morgan fingerprint density at radius 3 is 1.94 bits per heavy atom. The van der Waals surface area contributed by atoms with E-state index in [0.29, 0.717) is 16.0 Å². The molecule has 0 aliphatic carbocycles. The van der Waals surface area contributed by atoms with E-state index in [1.165, 1.54) is 6.92 Å². The molecule has 1 aromatic carbocycles. The highest BCUT2D eigenvalue weighted by molar-refractivity contribution is 7.92. The molecule has 3 nitrogen and oxygen atoms in total. The molecule has 1 aromatic rings. The Morgan fingerprint density at radius 2 is 1.56 bits per heavy atom. The Bertz CT molecular complexity index is 504. The summed E-state index contributed by atoms with van der Waals surface area (Å²) in [4.78, 5) is 11.2. The monoisotopic (exact) mass is 240 g/mol. The van der Waals surface area contributed by atoms with Gasteiger partial charge >= 0.3 is 0 Å². The van der Waals surface area contributed by atoms with Crippen LogP contribution in [0.15, 0.2) is 17.0 Å². The molecule has 0 aromatic heterocycles. The molecule has 0 aliphatic heterocycles. The van der Waals surface area contributed by atoms with Crippen LogP contribution in [0.4, 0.5) is 0 Å². The second-order valence-corrected chi connectivity index (χ2v) is 6.12. The van der Waals surface area contributed by atoms with Crippen LogP contribution in [-0.2, 0) is 14.6 Å². The number of carbonyl (C=O) groups is 1. The molecular formula is C12H16O3S. The van der Waals surface area contributed by atoms with Gasteiger partial charge in [-0.15, -0.1) is 0 Å². The molecule has 0 N–H and O–H groups in total. The van der Waals surface area contributed by atoms with Crippen LogP contribution in [0.2, 0.25) is 0 Å². The molecule has 0 saturated heterocycles. The minimum Gasteiger partial charge on any atom is -0.299 e. The van der Waals surface area contributed by atoms with Crippen LogP contribution in [0.25, 0.3) is 0 Å². The molecule has 0 amide bonds. The van der Waals surface area contributed by atoms with E-state index in [-0.39, 0.29) is 5.78 Å². The molecule has 0 saturated carbocycles. The topological polar surface area (TPSA) is 51.2 Å². The van der Waals surface area contributed by atoms with E-state index in [2.05, 4.69) is 0 Å². The van der Waals surface area contributed by atoms with Crippen molar-refractivity contribution in [2.75, 3.05) is 5.75 Å². The molecule has 1 rings (SSSR count). The molecular weight excluding hydrogens is 224 g/mol. The maximum atomic E-state index is 12.0. The smallest absolute Gasteiger partial charge is 0.185 e. The minimum absolute atomic E-state index is 0.299. The number of sulfone groups is 1. The van der Waals surface area contributed by atoms with Gasteiger partial charge < -0.3 is 0 Å². The van der Waals surface area contributed by atoms with Crippen molar-refractivity contribution in [2.24, 2.45) is 0 Å². The van der Waals surface area contributed by atoms with Crippen molar-refractivity contribution in [3.8, 4) is 0 Å². The lowest BCUT2D eigenvalue weighted by molar-refractivity contribution is -0.114. The van der Waals surface area contributed by atoms with Crippen LogP contribution in [0.1, 0.15) is 23.6 Å². The van der Waals surface area contributed by atoms with Crippen LogP contribution in [0, 0.1) is 20.8 Å². The summed E-state index contributed by atoms with van der Waals surface area (Å²) < 4.78 is 23.9. The van der Waals surface area contributed by atoms with Crippen molar-refractivity contribution in [1.29, 1.82) is 0 Å². The maximum absolute atomic E-state index is 12.0. The van der Waals surface area contributed by atoms with Gasteiger partial charge in [0.15, 0.2) is 9.84 Å². The van der Waals surface area contributed by atoms with E-state index >= 15 is 0 Å². The normalized spacial score (nSPS) is 11.5. The predicted octanol–water partition coefficient (Wildman–Crippen LogP) is 1.97. The summed E-state index contributed by atoms with van der Waals surface area (Å²) in [7, 11) is -3.49. The number of rotatable bonds is 3. The fourth-order valence-electron chi connectivity index (χ4n) is 2.00. The quantitative estimate of drug-likeness (QED) is 0.811. The van der Waals surface area contributed by atoms with E-state index in [4.69, 9.17) is 0 Å². The first kappa shape index (κ1) is 12.9. The van der Waals surface area contributed by atoms with Gasteiger partial charge in [-0.25, -0.2) is 8.42 Å². The van der Waals surface area contributed by atoms with Gasteiger partial charge in [0.25, 0.3) is 0 Å². The lowest BCUT2D eigenvalue weighted by atomic mass is 10.1. The summed E-state index contributed by atoms with van der Waals surface area (Å²) >= 11 is 0. The average Bonchev–Trinajstić information content (AvgIpc) is 1.96. The summed E-state index contributed by atoms with van der Waals surface area (Å²) in [5.74, 6) is -0.753. The summed E-state index contributed by atoms with van der Waals surface area (Å²) in [5, 5.41) is 0. The van der Waals surface area contributed by atoms with Gasteiger partial charge in [0.1, 0.15) is 11.5 Å². The Balaban J connectivity index is 3.39. The van der Waals surface area contributed by atoms with E-state index in [9.17, 15) is 13.2 Å². The molecule has 88 valence electrons. The van der Waals surface area contributed by atoms with Crippen LogP contribution in [-0.4, -0.2) is 20.0 Å². The summed E-state index contributed by atoms with van der Waals surface area (Å²) in [6.45, 7) is 6.72. The number of benzene rings is 1. The molecule has 0 atom stereocenters. The van der Waals surface area contributed by atoms with Gasteiger partial charge in [0.05, 0.1) is 4.90 Å². The van der Waals surface area contributed by atoms with Gasteiger partial charge in [-0.05, 0) is 38.8 Å². The van der Waals surface area contributed by atoms with Gasteiger partial charge in [0.2, 0.25) is 0 Å². The predicted molar refractivity (Wildman–Crippen MR) is 63.4 cm³/mol. The Hall–Kier alpha value is -1.16. The summed E-state index contributed by atoms with van der Waals surface area (Å²) in [5.41, 5.74) is 2.44. The molecule has 0 spiro atoms. The zero-order valence-electron chi connectivity index (χ0n) is 9.99. The zero-order chi connectivity index (χ0) is 12.5. The zero-order valence-corrected chi connectivity index (χ0v) is 10.8. The third-order valence-corrected chi connectivity index (χ3v) is 4.36. The SMILES string of the molecule is CC(=O)CS(=O)(=O)c1c(C)cc(C)cc1C. The van der Waals surface area contributed by atoms with Crippen molar-refractivity contribution in [1.82, 2.24) is 0 Å².